The maximum absolute atomic E-state index is 11.9. The summed E-state index contributed by atoms with van der Waals surface area (Å²) in [4.78, 5) is 11.9. The molecule has 0 radical (unpaired) electrons. The summed E-state index contributed by atoms with van der Waals surface area (Å²) in [5.41, 5.74) is 4.16. The Hall–Kier alpha value is -1.35. The van der Waals surface area contributed by atoms with Crippen molar-refractivity contribution >= 4 is 5.91 Å². The first kappa shape index (κ1) is 11.7. The molecular formula is C15H20N2O. The smallest absolute Gasteiger partial charge is 0.223 e. The van der Waals surface area contributed by atoms with Gasteiger partial charge in [0.25, 0.3) is 0 Å². The van der Waals surface area contributed by atoms with E-state index in [4.69, 9.17) is 0 Å². The monoisotopic (exact) mass is 244 g/mol. The Morgan fingerprint density at radius 3 is 2.83 bits per heavy atom. The molecule has 1 atom stereocenters. The molecule has 2 aliphatic rings. The molecule has 0 bridgehead atoms. The Labute approximate surface area is 108 Å². The lowest BCUT2D eigenvalue weighted by molar-refractivity contribution is -0.123. The van der Waals surface area contributed by atoms with Gasteiger partial charge in [-0.25, -0.2) is 0 Å². The van der Waals surface area contributed by atoms with Gasteiger partial charge in [0.2, 0.25) is 5.91 Å². The minimum atomic E-state index is 0.207. The van der Waals surface area contributed by atoms with Gasteiger partial charge < -0.3 is 10.6 Å². The van der Waals surface area contributed by atoms with Gasteiger partial charge in [-0.05, 0) is 28.5 Å². The second-order valence-corrected chi connectivity index (χ2v) is 6.17. The van der Waals surface area contributed by atoms with Gasteiger partial charge in [-0.1, -0.05) is 32.0 Å². The zero-order chi connectivity index (χ0) is 12.8. The molecular weight excluding hydrogens is 224 g/mol. The molecule has 1 aliphatic carbocycles. The number of carbonyl (C=O) groups excluding carboxylic acids is 1. The fourth-order valence-corrected chi connectivity index (χ4v) is 2.69. The second kappa shape index (κ2) is 4.09. The molecule has 3 rings (SSSR count). The van der Waals surface area contributed by atoms with E-state index < -0.39 is 0 Å². The number of hydrogen-bond acceptors (Lipinski definition) is 2. The molecule has 1 aromatic rings. The standard InChI is InChI=1S/C15H20N2O/c1-15(2)6-13(15)14(18)17-7-10-3-4-11-8-16-9-12(11)5-10/h3-5,13,16H,6-9H2,1-2H3,(H,17,18). The van der Waals surface area contributed by atoms with E-state index in [2.05, 4.69) is 42.7 Å². The van der Waals surface area contributed by atoms with Crippen LogP contribution in [0.2, 0.25) is 0 Å². The van der Waals surface area contributed by atoms with Crippen molar-refractivity contribution in [2.24, 2.45) is 11.3 Å². The molecule has 3 nitrogen and oxygen atoms in total. The van der Waals surface area contributed by atoms with Gasteiger partial charge in [-0.3, -0.25) is 4.79 Å². The van der Waals surface area contributed by atoms with Gasteiger partial charge in [0, 0.05) is 25.6 Å². The largest absolute Gasteiger partial charge is 0.352 e. The van der Waals surface area contributed by atoms with E-state index in [1.807, 2.05) is 0 Å². The molecule has 3 heteroatoms. The van der Waals surface area contributed by atoms with E-state index in [9.17, 15) is 4.79 Å². The van der Waals surface area contributed by atoms with Crippen LogP contribution in [0.15, 0.2) is 18.2 Å². The average molecular weight is 244 g/mol. The highest BCUT2D eigenvalue weighted by Gasteiger charge is 2.50. The van der Waals surface area contributed by atoms with Crippen molar-refractivity contribution in [3.8, 4) is 0 Å². The predicted octanol–water partition coefficient (Wildman–Crippen LogP) is 1.95. The molecule has 0 aromatic heterocycles. The van der Waals surface area contributed by atoms with Crippen molar-refractivity contribution in [1.29, 1.82) is 0 Å². The molecule has 0 saturated heterocycles. The van der Waals surface area contributed by atoms with Crippen molar-refractivity contribution in [2.45, 2.75) is 39.9 Å². The number of carbonyl (C=O) groups is 1. The number of amides is 1. The van der Waals surface area contributed by atoms with Crippen LogP contribution < -0.4 is 10.6 Å². The highest BCUT2D eigenvalue weighted by Crippen LogP contribution is 2.51. The maximum Gasteiger partial charge on any atom is 0.223 e. The lowest BCUT2D eigenvalue weighted by Gasteiger charge is -2.08. The van der Waals surface area contributed by atoms with Gasteiger partial charge in [0.05, 0.1) is 0 Å². The summed E-state index contributed by atoms with van der Waals surface area (Å²) in [5.74, 6) is 0.423. The Balaban J connectivity index is 1.59. The Morgan fingerprint density at radius 1 is 1.39 bits per heavy atom. The van der Waals surface area contributed by atoms with Gasteiger partial charge in [0.15, 0.2) is 0 Å². The lowest BCUT2D eigenvalue weighted by atomic mass is 10.1. The second-order valence-electron chi connectivity index (χ2n) is 6.17. The molecule has 1 heterocycles. The molecule has 18 heavy (non-hydrogen) atoms. The zero-order valence-corrected chi connectivity index (χ0v) is 11.0. The van der Waals surface area contributed by atoms with Crippen LogP contribution in [0, 0.1) is 11.3 Å². The van der Waals surface area contributed by atoms with Crippen LogP contribution in [-0.2, 0) is 24.4 Å². The molecule has 1 unspecified atom stereocenters. The van der Waals surface area contributed by atoms with Gasteiger partial charge >= 0.3 is 0 Å². The van der Waals surface area contributed by atoms with Gasteiger partial charge in [0.1, 0.15) is 0 Å². The Bertz CT molecular complexity index is 493. The first-order valence-corrected chi connectivity index (χ1v) is 6.65. The minimum Gasteiger partial charge on any atom is -0.352 e. The first-order chi connectivity index (χ1) is 8.56. The number of hydrogen-bond donors (Lipinski definition) is 2. The highest BCUT2D eigenvalue weighted by atomic mass is 16.2. The van der Waals surface area contributed by atoms with E-state index >= 15 is 0 Å². The third-order valence-electron chi connectivity index (χ3n) is 4.20. The van der Waals surface area contributed by atoms with Crippen molar-refractivity contribution in [3.63, 3.8) is 0 Å². The number of rotatable bonds is 3. The summed E-state index contributed by atoms with van der Waals surface area (Å²) in [6.07, 6.45) is 1.02. The molecule has 1 amide bonds. The molecule has 96 valence electrons. The summed E-state index contributed by atoms with van der Waals surface area (Å²) >= 11 is 0. The molecule has 1 aromatic carbocycles. The Kier molecular flexibility index (Phi) is 2.67. The van der Waals surface area contributed by atoms with Crippen molar-refractivity contribution < 1.29 is 4.79 Å². The fraction of sp³-hybridized carbons (Fsp3) is 0.533. The van der Waals surface area contributed by atoms with Crippen LogP contribution in [-0.4, -0.2) is 5.91 Å². The third-order valence-corrected chi connectivity index (χ3v) is 4.20. The summed E-state index contributed by atoms with van der Waals surface area (Å²) < 4.78 is 0. The number of nitrogens with one attached hydrogen (secondary N) is 2. The summed E-state index contributed by atoms with van der Waals surface area (Å²) in [6, 6.07) is 6.48. The molecule has 1 saturated carbocycles. The van der Waals surface area contributed by atoms with Gasteiger partial charge in [-0.15, -0.1) is 0 Å². The normalized spacial score (nSPS) is 23.6. The number of benzene rings is 1. The Morgan fingerprint density at radius 2 is 2.11 bits per heavy atom. The van der Waals surface area contributed by atoms with E-state index in [-0.39, 0.29) is 17.2 Å². The third kappa shape index (κ3) is 2.15. The van der Waals surface area contributed by atoms with Crippen LogP contribution >= 0.6 is 0 Å². The molecule has 0 spiro atoms. The fourth-order valence-electron chi connectivity index (χ4n) is 2.69. The quantitative estimate of drug-likeness (QED) is 0.853. The predicted molar refractivity (Wildman–Crippen MR) is 70.7 cm³/mol. The SMILES string of the molecule is CC1(C)CC1C(=O)NCc1ccc2c(c1)CNC2. The topological polar surface area (TPSA) is 41.1 Å². The minimum absolute atomic E-state index is 0.207. The summed E-state index contributed by atoms with van der Waals surface area (Å²) in [5, 5.41) is 6.38. The summed E-state index contributed by atoms with van der Waals surface area (Å²) in [7, 11) is 0. The summed E-state index contributed by atoms with van der Waals surface area (Å²) in [6.45, 7) is 6.88. The zero-order valence-electron chi connectivity index (χ0n) is 11.0. The van der Waals surface area contributed by atoms with Crippen molar-refractivity contribution in [3.05, 3.63) is 34.9 Å². The molecule has 1 aliphatic heterocycles. The van der Waals surface area contributed by atoms with Crippen molar-refractivity contribution in [1.82, 2.24) is 10.6 Å². The van der Waals surface area contributed by atoms with Crippen LogP contribution in [0.5, 0.6) is 0 Å². The van der Waals surface area contributed by atoms with E-state index in [0.29, 0.717) is 6.54 Å². The van der Waals surface area contributed by atoms with E-state index in [0.717, 1.165) is 19.5 Å². The highest BCUT2D eigenvalue weighted by molar-refractivity contribution is 5.82. The van der Waals surface area contributed by atoms with Crippen LogP contribution in [0.1, 0.15) is 37.0 Å². The molecule has 1 fully saturated rings. The van der Waals surface area contributed by atoms with Crippen LogP contribution in [0.3, 0.4) is 0 Å². The lowest BCUT2D eigenvalue weighted by Crippen LogP contribution is -2.26. The number of fused-ring (bicyclic) bond motifs is 1. The van der Waals surface area contributed by atoms with Crippen LogP contribution in [0.4, 0.5) is 0 Å². The van der Waals surface area contributed by atoms with E-state index in [1.165, 1.54) is 16.7 Å². The first-order valence-electron chi connectivity index (χ1n) is 6.65. The maximum atomic E-state index is 11.9. The van der Waals surface area contributed by atoms with E-state index in [1.54, 1.807) is 0 Å². The molecule has 2 N–H and O–H groups in total. The average Bonchev–Trinajstić information content (AvgIpc) is 2.77. The van der Waals surface area contributed by atoms with Crippen molar-refractivity contribution in [2.75, 3.05) is 0 Å². The van der Waals surface area contributed by atoms with Crippen LogP contribution in [0.25, 0.3) is 0 Å². The van der Waals surface area contributed by atoms with Gasteiger partial charge in [-0.2, -0.15) is 0 Å².